The third-order valence-corrected chi connectivity index (χ3v) is 3.46. The number of hydrogen-bond acceptors (Lipinski definition) is 3. The molecule has 4 heteroatoms. The second kappa shape index (κ2) is 5.87. The summed E-state index contributed by atoms with van der Waals surface area (Å²) >= 11 is 0. The van der Waals surface area contributed by atoms with E-state index >= 15 is 0 Å². The molecule has 1 saturated heterocycles. The van der Waals surface area contributed by atoms with E-state index in [1.54, 1.807) is 0 Å². The minimum Gasteiger partial charge on any atom is -0.493 e. The van der Waals surface area contributed by atoms with Crippen LogP contribution >= 0.6 is 0 Å². The number of nitrogens with zero attached hydrogens (tertiary/aromatic N) is 1. The van der Waals surface area contributed by atoms with Gasteiger partial charge in [-0.1, -0.05) is 18.2 Å². The Morgan fingerprint density at radius 2 is 2.17 bits per heavy atom. The number of hydrogen-bond donors (Lipinski definition) is 1. The monoisotopic (exact) mass is 248 g/mol. The lowest BCUT2D eigenvalue weighted by molar-refractivity contribution is -0.132. The molecule has 1 aliphatic heterocycles. The van der Waals surface area contributed by atoms with Crippen LogP contribution < -0.4 is 10.5 Å². The molecule has 0 saturated carbocycles. The van der Waals surface area contributed by atoms with Crippen molar-refractivity contribution < 1.29 is 9.53 Å². The van der Waals surface area contributed by atoms with Crippen molar-refractivity contribution in [1.29, 1.82) is 0 Å². The maximum absolute atomic E-state index is 12.0. The van der Waals surface area contributed by atoms with Gasteiger partial charge >= 0.3 is 0 Å². The highest BCUT2D eigenvalue weighted by Crippen LogP contribution is 2.17. The van der Waals surface area contributed by atoms with Crippen LogP contribution in [0.2, 0.25) is 0 Å². The van der Waals surface area contributed by atoms with Gasteiger partial charge < -0.3 is 15.4 Å². The fourth-order valence-electron chi connectivity index (χ4n) is 2.23. The lowest BCUT2D eigenvalue weighted by Crippen LogP contribution is -2.40. The maximum atomic E-state index is 12.0. The number of benzene rings is 1. The molecule has 0 aromatic heterocycles. The molecule has 0 radical (unpaired) electrons. The van der Waals surface area contributed by atoms with Gasteiger partial charge in [-0.2, -0.15) is 0 Å². The summed E-state index contributed by atoms with van der Waals surface area (Å²) in [4.78, 5) is 13.8. The molecule has 1 aliphatic rings. The van der Waals surface area contributed by atoms with E-state index in [1.807, 2.05) is 42.2 Å². The first-order valence-electron chi connectivity index (χ1n) is 6.41. The van der Waals surface area contributed by atoms with Gasteiger partial charge in [-0.15, -0.1) is 0 Å². The van der Waals surface area contributed by atoms with Crippen molar-refractivity contribution in [2.45, 2.75) is 31.8 Å². The van der Waals surface area contributed by atoms with Gasteiger partial charge in [-0.3, -0.25) is 4.79 Å². The molecule has 0 spiro atoms. The van der Waals surface area contributed by atoms with E-state index in [2.05, 4.69) is 0 Å². The van der Waals surface area contributed by atoms with Gasteiger partial charge in [0.25, 0.3) is 0 Å². The fourth-order valence-corrected chi connectivity index (χ4v) is 2.23. The van der Waals surface area contributed by atoms with Crippen molar-refractivity contribution in [2.75, 3.05) is 13.2 Å². The van der Waals surface area contributed by atoms with Gasteiger partial charge in [0.15, 0.2) is 0 Å². The molecule has 2 unspecified atom stereocenters. The van der Waals surface area contributed by atoms with Crippen LogP contribution in [0.1, 0.15) is 19.8 Å². The third-order valence-electron chi connectivity index (χ3n) is 3.46. The summed E-state index contributed by atoms with van der Waals surface area (Å²) < 4.78 is 5.52. The lowest BCUT2D eigenvalue weighted by atomic mass is 10.2. The Morgan fingerprint density at radius 1 is 1.44 bits per heavy atom. The van der Waals surface area contributed by atoms with Crippen molar-refractivity contribution in [3.8, 4) is 5.75 Å². The normalized spacial score (nSPS) is 23.1. The predicted octanol–water partition coefficient (Wildman–Crippen LogP) is 1.40. The van der Waals surface area contributed by atoms with Crippen LogP contribution in [-0.4, -0.2) is 36.0 Å². The van der Waals surface area contributed by atoms with Crippen molar-refractivity contribution in [1.82, 2.24) is 4.90 Å². The molecular formula is C14H20N2O2. The topological polar surface area (TPSA) is 55.6 Å². The second-order valence-electron chi connectivity index (χ2n) is 4.69. The van der Waals surface area contributed by atoms with Gasteiger partial charge in [0.05, 0.1) is 13.0 Å². The number of para-hydroxylation sites is 1. The van der Waals surface area contributed by atoms with E-state index in [9.17, 15) is 4.79 Å². The smallest absolute Gasteiger partial charge is 0.226 e. The molecule has 1 fully saturated rings. The quantitative estimate of drug-likeness (QED) is 0.876. The van der Waals surface area contributed by atoms with Crippen molar-refractivity contribution >= 4 is 5.91 Å². The Balaban J connectivity index is 1.76. The third kappa shape index (κ3) is 3.01. The second-order valence-corrected chi connectivity index (χ2v) is 4.69. The molecular weight excluding hydrogens is 228 g/mol. The summed E-state index contributed by atoms with van der Waals surface area (Å²) in [7, 11) is 0. The van der Waals surface area contributed by atoms with Crippen LogP contribution in [0.3, 0.4) is 0 Å². The molecule has 2 rings (SSSR count). The first-order chi connectivity index (χ1) is 8.68. The van der Waals surface area contributed by atoms with Crippen LogP contribution in [0.5, 0.6) is 5.75 Å². The molecule has 0 aliphatic carbocycles. The van der Waals surface area contributed by atoms with Crippen molar-refractivity contribution in [3.05, 3.63) is 30.3 Å². The molecule has 0 bridgehead atoms. The highest BCUT2D eigenvalue weighted by atomic mass is 16.5. The number of carbonyl (C=O) groups is 1. The number of rotatable bonds is 4. The Bertz CT molecular complexity index is 394. The Labute approximate surface area is 108 Å². The number of likely N-dealkylation sites (tertiary alicyclic amines) is 1. The van der Waals surface area contributed by atoms with Gasteiger partial charge in [0, 0.05) is 18.6 Å². The molecule has 1 amide bonds. The average Bonchev–Trinajstić information content (AvgIpc) is 2.71. The summed E-state index contributed by atoms with van der Waals surface area (Å²) in [5.41, 5.74) is 5.90. The number of amides is 1. The summed E-state index contributed by atoms with van der Waals surface area (Å²) in [5.74, 6) is 0.933. The molecule has 1 heterocycles. The van der Waals surface area contributed by atoms with Gasteiger partial charge in [0.1, 0.15) is 5.75 Å². The maximum Gasteiger partial charge on any atom is 0.226 e. The van der Waals surface area contributed by atoms with E-state index in [1.165, 1.54) is 0 Å². The number of nitrogens with two attached hydrogens (primary N) is 1. The summed E-state index contributed by atoms with van der Waals surface area (Å²) in [6.45, 7) is 3.20. The first-order valence-corrected chi connectivity index (χ1v) is 6.41. The summed E-state index contributed by atoms with van der Waals surface area (Å²) in [6, 6.07) is 9.80. The van der Waals surface area contributed by atoms with Crippen molar-refractivity contribution in [2.24, 2.45) is 5.73 Å². The lowest BCUT2D eigenvalue weighted by Gasteiger charge is -2.23. The van der Waals surface area contributed by atoms with Crippen LogP contribution in [0, 0.1) is 0 Å². The Kier molecular flexibility index (Phi) is 4.20. The zero-order chi connectivity index (χ0) is 13.0. The minimum atomic E-state index is 0.115. The standard InChI is InChI=1S/C14H20N2O2/c1-11-13(15)7-9-16(11)14(17)8-10-18-12-5-3-2-4-6-12/h2-6,11,13H,7-10,15H2,1H3. The summed E-state index contributed by atoms with van der Waals surface area (Å²) in [5, 5.41) is 0. The zero-order valence-corrected chi connectivity index (χ0v) is 10.7. The van der Waals surface area contributed by atoms with E-state index in [0.717, 1.165) is 18.7 Å². The van der Waals surface area contributed by atoms with Gasteiger partial charge in [-0.25, -0.2) is 0 Å². The molecule has 2 atom stereocenters. The highest BCUT2D eigenvalue weighted by Gasteiger charge is 2.30. The van der Waals surface area contributed by atoms with E-state index in [0.29, 0.717) is 13.0 Å². The SMILES string of the molecule is CC1C(N)CCN1C(=O)CCOc1ccccc1. The van der Waals surface area contributed by atoms with Crippen LogP contribution in [0.25, 0.3) is 0 Å². The van der Waals surface area contributed by atoms with Crippen LogP contribution in [0.15, 0.2) is 30.3 Å². The van der Waals surface area contributed by atoms with E-state index in [4.69, 9.17) is 10.5 Å². The molecule has 18 heavy (non-hydrogen) atoms. The molecule has 2 N–H and O–H groups in total. The van der Waals surface area contributed by atoms with Gasteiger partial charge in [-0.05, 0) is 25.5 Å². The number of carbonyl (C=O) groups excluding carboxylic acids is 1. The molecule has 1 aromatic rings. The molecule has 98 valence electrons. The highest BCUT2D eigenvalue weighted by molar-refractivity contribution is 5.77. The molecule has 4 nitrogen and oxygen atoms in total. The fraction of sp³-hybridized carbons (Fsp3) is 0.500. The van der Waals surface area contributed by atoms with Crippen LogP contribution in [-0.2, 0) is 4.79 Å². The summed E-state index contributed by atoms with van der Waals surface area (Å²) in [6.07, 6.45) is 1.30. The van der Waals surface area contributed by atoms with Crippen LogP contribution in [0.4, 0.5) is 0 Å². The van der Waals surface area contributed by atoms with E-state index < -0.39 is 0 Å². The van der Waals surface area contributed by atoms with E-state index in [-0.39, 0.29) is 18.0 Å². The Morgan fingerprint density at radius 3 is 2.78 bits per heavy atom. The molecule has 1 aromatic carbocycles. The largest absolute Gasteiger partial charge is 0.493 e. The number of ether oxygens (including phenoxy) is 1. The Hall–Kier alpha value is -1.55. The average molecular weight is 248 g/mol. The predicted molar refractivity (Wildman–Crippen MR) is 70.3 cm³/mol. The zero-order valence-electron chi connectivity index (χ0n) is 10.7. The van der Waals surface area contributed by atoms with Crippen molar-refractivity contribution in [3.63, 3.8) is 0 Å². The first kappa shape index (κ1) is 12.9. The minimum absolute atomic E-state index is 0.115. The van der Waals surface area contributed by atoms with Gasteiger partial charge in [0.2, 0.25) is 5.91 Å².